The van der Waals surface area contributed by atoms with Crippen LogP contribution < -0.4 is 5.32 Å². The van der Waals surface area contributed by atoms with Crippen LogP contribution in [0.25, 0.3) is 0 Å². The zero-order chi connectivity index (χ0) is 14.0. The van der Waals surface area contributed by atoms with Gasteiger partial charge in [0.1, 0.15) is 0 Å². The van der Waals surface area contributed by atoms with Gasteiger partial charge in [-0.2, -0.15) is 0 Å². The number of rotatable bonds is 3. The number of hydrogen-bond donors (Lipinski definition) is 2. The SMILES string of the molecule is C[C@H](C[C@@H]1NCC[C@]2(O)CCCC[C@@H]12)c1ccccc1. The first-order valence-electron chi connectivity index (χ1n) is 8.20. The Bertz CT molecular complexity index is 428. The summed E-state index contributed by atoms with van der Waals surface area (Å²) in [5, 5.41) is 14.6. The summed E-state index contributed by atoms with van der Waals surface area (Å²) in [5.41, 5.74) is 1.03. The highest BCUT2D eigenvalue weighted by molar-refractivity contribution is 5.19. The third kappa shape index (κ3) is 2.77. The summed E-state index contributed by atoms with van der Waals surface area (Å²) in [6, 6.07) is 11.2. The summed E-state index contributed by atoms with van der Waals surface area (Å²) in [5.74, 6) is 1.01. The average Bonchev–Trinajstić information content (AvgIpc) is 2.48. The fourth-order valence-corrected chi connectivity index (χ4v) is 4.30. The van der Waals surface area contributed by atoms with E-state index in [0.717, 1.165) is 25.8 Å². The van der Waals surface area contributed by atoms with Crippen molar-refractivity contribution in [1.82, 2.24) is 5.32 Å². The van der Waals surface area contributed by atoms with Gasteiger partial charge in [-0.05, 0) is 43.7 Å². The molecule has 0 spiro atoms. The van der Waals surface area contributed by atoms with E-state index < -0.39 is 0 Å². The van der Waals surface area contributed by atoms with Gasteiger partial charge in [-0.1, -0.05) is 50.1 Å². The fraction of sp³-hybridized carbons (Fsp3) is 0.667. The van der Waals surface area contributed by atoms with E-state index in [1.54, 1.807) is 0 Å². The largest absolute Gasteiger partial charge is 0.389 e. The van der Waals surface area contributed by atoms with Crippen LogP contribution in [-0.4, -0.2) is 23.3 Å². The van der Waals surface area contributed by atoms with Gasteiger partial charge in [-0.15, -0.1) is 0 Å². The lowest BCUT2D eigenvalue weighted by Crippen LogP contribution is -2.57. The third-order valence-corrected chi connectivity index (χ3v) is 5.49. The molecule has 1 aliphatic heterocycles. The maximum atomic E-state index is 10.9. The zero-order valence-electron chi connectivity index (χ0n) is 12.5. The molecule has 2 N–H and O–H groups in total. The number of hydrogen-bond acceptors (Lipinski definition) is 2. The van der Waals surface area contributed by atoms with Crippen molar-refractivity contribution in [2.75, 3.05) is 6.54 Å². The predicted molar refractivity (Wildman–Crippen MR) is 82.8 cm³/mol. The molecule has 2 fully saturated rings. The number of benzene rings is 1. The maximum Gasteiger partial charge on any atom is 0.0702 e. The van der Waals surface area contributed by atoms with Gasteiger partial charge >= 0.3 is 0 Å². The van der Waals surface area contributed by atoms with Gasteiger partial charge in [0.2, 0.25) is 0 Å². The van der Waals surface area contributed by atoms with E-state index >= 15 is 0 Å². The van der Waals surface area contributed by atoms with Crippen LogP contribution in [0.2, 0.25) is 0 Å². The van der Waals surface area contributed by atoms with Crippen LogP contribution >= 0.6 is 0 Å². The van der Waals surface area contributed by atoms with E-state index in [4.69, 9.17) is 0 Å². The molecule has 0 unspecified atom stereocenters. The molecule has 1 aromatic carbocycles. The van der Waals surface area contributed by atoms with Crippen molar-refractivity contribution in [1.29, 1.82) is 0 Å². The average molecular weight is 273 g/mol. The zero-order valence-corrected chi connectivity index (χ0v) is 12.5. The molecule has 0 radical (unpaired) electrons. The second kappa shape index (κ2) is 5.87. The second-order valence-electron chi connectivity index (χ2n) is 6.81. The highest BCUT2D eigenvalue weighted by Crippen LogP contribution is 2.42. The molecule has 2 nitrogen and oxygen atoms in total. The molecule has 20 heavy (non-hydrogen) atoms. The molecule has 3 rings (SSSR count). The van der Waals surface area contributed by atoms with E-state index in [0.29, 0.717) is 17.9 Å². The lowest BCUT2D eigenvalue weighted by Gasteiger charge is -2.49. The Balaban J connectivity index is 1.70. The molecule has 2 aliphatic rings. The van der Waals surface area contributed by atoms with Gasteiger partial charge in [0, 0.05) is 12.0 Å². The Morgan fingerprint density at radius 1 is 1.25 bits per heavy atom. The van der Waals surface area contributed by atoms with Gasteiger partial charge in [0.15, 0.2) is 0 Å². The highest BCUT2D eigenvalue weighted by atomic mass is 16.3. The molecule has 1 aromatic rings. The van der Waals surface area contributed by atoms with Gasteiger partial charge in [-0.3, -0.25) is 0 Å². The molecule has 1 saturated heterocycles. The number of nitrogens with one attached hydrogen (secondary N) is 1. The Labute approximate surface area is 122 Å². The minimum absolute atomic E-state index is 0.384. The molecule has 1 saturated carbocycles. The second-order valence-corrected chi connectivity index (χ2v) is 6.81. The smallest absolute Gasteiger partial charge is 0.0702 e. The lowest BCUT2D eigenvalue weighted by molar-refractivity contribution is -0.0869. The molecule has 110 valence electrons. The minimum atomic E-state index is -0.384. The molecule has 1 heterocycles. The Morgan fingerprint density at radius 2 is 2.05 bits per heavy atom. The molecule has 1 aliphatic carbocycles. The summed E-state index contributed by atoms with van der Waals surface area (Å²) in [6.45, 7) is 3.28. The standard InChI is InChI=1S/C18H27NO/c1-14(15-7-3-2-4-8-15)13-17-16-9-5-6-10-18(16,20)11-12-19-17/h2-4,7-8,14,16-17,19-20H,5-6,9-13H2,1H3/t14-,16+,17+,18-/m1/s1. The van der Waals surface area contributed by atoms with Crippen LogP contribution in [0.4, 0.5) is 0 Å². The first-order valence-corrected chi connectivity index (χ1v) is 8.20. The van der Waals surface area contributed by atoms with Crippen molar-refractivity contribution in [2.24, 2.45) is 5.92 Å². The van der Waals surface area contributed by atoms with Gasteiger partial charge in [0.05, 0.1) is 5.60 Å². The van der Waals surface area contributed by atoms with E-state index in [9.17, 15) is 5.11 Å². The molecule has 0 amide bonds. The quantitative estimate of drug-likeness (QED) is 0.884. The van der Waals surface area contributed by atoms with Gasteiger partial charge in [0.25, 0.3) is 0 Å². The predicted octanol–water partition coefficient (Wildman–Crippen LogP) is 3.46. The Kier molecular flexibility index (Phi) is 4.13. The van der Waals surface area contributed by atoms with Crippen molar-refractivity contribution in [3.8, 4) is 0 Å². The number of aliphatic hydroxyl groups is 1. The van der Waals surface area contributed by atoms with E-state index in [-0.39, 0.29) is 5.60 Å². The van der Waals surface area contributed by atoms with Crippen LogP contribution in [0.15, 0.2) is 30.3 Å². The molecular formula is C18H27NO. The summed E-state index contributed by atoms with van der Waals surface area (Å²) in [6.07, 6.45) is 6.76. The van der Waals surface area contributed by atoms with E-state index in [1.807, 2.05) is 0 Å². The third-order valence-electron chi connectivity index (χ3n) is 5.49. The Hall–Kier alpha value is -0.860. The molecule has 4 atom stereocenters. The normalized spacial score (nSPS) is 35.3. The van der Waals surface area contributed by atoms with Crippen molar-refractivity contribution in [3.63, 3.8) is 0 Å². The topological polar surface area (TPSA) is 32.3 Å². The lowest BCUT2D eigenvalue weighted by atomic mass is 9.66. The first kappa shape index (κ1) is 14.1. The molecule has 2 heteroatoms. The van der Waals surface area contributed by atoms with E-state index in [2.05, 4.69) is 42.6 Å². The number of piperidine rings is 1. The van der Waals surface area contributed by atoms with Crippen molar-refractivity contribution in [3.05, 3.63) is 35.9 Å². The van der Waals surface area contributed by atoms with Crippen molar-refractivity contribution in [2.45, 2.75) is 63.0 Å². The van der Waals surface area contributed by atoms with Crippen molar-refractivity contribution >= 4 is 0 Å². The molecule has 0 bridgehead atoms. The van der Waals surface area contributed by atoms with Crippen LogP contribution in [-0.2, 0) is 0 Å². The van der Waals surface area contributed by atoms with Crippen LogP contribution in [0.5, 0.6) is 0 Å². The van der Waals surface area contributed by atoms with Crippen LogP contribution in [0, 0.1) is 5.92 Å². The minimum Gasteiger partial charge on any atom is -0.389 e. The molecular weight excluding hydrogens is 246 g/mol. The summed E-state index contributed by atoms with van der Waals surface area (Å²) in [4.78, 5) is 0. The van der Waals surface area contributed by atoms with Gasteiger partial charge in [-0.25, -0.2) is 0 Å². The highest BCUT2D eigenvalue weighted by Gasteiger charge is 2.45. The maximum absolute atomic E-state index is 10.9. The monoisotopic (exact) mass is 273 g/mol. The van der Waals surface area contributed by atoms with Crippen LogP contribution in [0.1, 0.15) is 56.9 Å². The summed E-state index contributed by atoms with van der Waals surface area (Å²) in [7, 11) is 0. The first-order chi connectivity index (χ1) is 9.69. The fourth-order valence-electron chi connectivity index (χ4n) is 4.30. The molecule has 0 aromatic heterocycles. The van der Waals surface area contributed by atoms with Gasteiger partial charge < -0.3 is 10.4 Å². The summed E-state index contributed by atoms with van der Waals surface area (Å²) >= 11 is 0. The van der Waals surface area contributed by atoms with Crippen molar-refractivity contribution < 1.29 is 5.11 Å². The summed E-state index contributed by atoms with van der Waals surface area (Å²) < 4.78 is 0. The number of fused-ring (bicyclic) bond motifs is 1. The Morgan fingerprint density at radius 3 is 2.85 bits per heavy atom. The van der Waals surface area contributed by atoms with E-state index in [1.165, 1.54) is 24.8 Å². The van der Waals surface area contributed by atoms with Crippen LogP contribution in [0.3, 0.4) is 0 Å².